The minimum absolute atomic E-state index is 0.189. The van der Waals surface area contributed by atoms with Crippen molar-refractivity contribution < 1.29 is 14.3 Å². The van der Waals surface area contributed by atoms with Crippen LogP contribution in [0.15, 0.2) is 24.3 Å². The molecular formula is C12H14N2O3. The average molecular weight is 234 g/mol. The lowest BCUT2D eigenvalue weighted by molar-refractivity contribution is -0.127. The van der Waals surface area contributed by atoms with Crippen LogP contribution in [0.2, 0.25) is 0 Å². The number of carbonyl (C=O) groups is 2. The fourth-order valence-corrected chi connectivity index (χ4v) is 1.72. The molecule has 0 bridgehead atoms. The number of rotatable bonds is 3. The summed E-state index contributed by atoms with van der Waals surface area (Å²) in [5, 5.41) is 2.57. The van der Waals surface area contributed by atoms with Crippen LogP contribution in [0.4, 0.5) is 4.79 Å². The average Bonchev–Trinajstić information content (AvgIpc) is 2.57. The van der Waals surface area contributed by atoms with E-state index in [0.29, 0.717) is 6.54 Å². The zero-order valence-electron chi connectivity index (χ0n) is 9.77. The Morgan fingerprint density at radius 1 is 1.29 bits per heavy atom. The summed E-state index contributed by atoms with van der Waals surface area (Å²) in [6.45, 7) is 1.97. The topological polar surface area (TPSA) is 58.6 Å². The fourth-order valence-electron chi connectivity index (χ4n) is 1.72. The molecule has 90 valence electrons. The Morgan fingerprint density at radius 2 is 1.94 bits per heavy atom. The smallest absolute Gasteiger partial charge is 0.325 e. The van der Waals surface area contributed by atoms with Crippen LogP contribution in [-0.4, -0.2) is 30.0 Å². The van der Waals surface area contributed by atoms with Crippen molar-refractivity contribution in [1.29, 1.82) is 0 Å². The molecule has 17 heavy (non-hydrogen) atoms. The van der Waals surface area contributed by atoms with Crippen molar-refractivity contribution in [3.8, 4) is 5.75 Å². The predicted molar refractivity (Wildman–Crippen MR) is 61.5 cm³/mol. The minimum Gasteiger partial charge on any atom is -0.497 e. The van der Waals surface area contributed by atoms with Gasteiger partial charge in [-0.15, -0.1) is 0 Å². The summed E-state index contributed by atoms with van der Waals surface area (Å²) in [5.41, 5.74) is 0.892. The fraction of sp³-hybridized carbons (Fsp3) is 0.333. The summed E-state index contributed by atoms with van der Waals surface area (Å²) in [7, 11) is 1.59. The van der Waals surface area contributed by atoms with Gasteiger partial charge in [-0.1, -0.05) is 12.1 Å². The molecule has 0 aliphatic carbocycles. The maximum Gasteiger partial charge on any atom is 0.325 e. The first-order valence-electron chi connectivity index (χ1n) is 5.36. The molecule has 1 heterocycles. The normalized spacial score (nSPS) is 19.4. The molecule has 0 spiro atoms. The summed E-state index contributed by atoms with van der Waals surface area (Å²) >= 11 is 0. The maximum absolute atomic E-state index is 11.7. The van der Waals surface area contributed by atoms with E-state index in [-0.39, 0.29) is 11.9 Å². The highest BCUT2D eigenvalue weighted by Crippen LogP contribution is 2.15. The van der Waals surface area contributed by atoms with E-state index < -0.39 is 6.04 Å². The number of ether oxygens (including phenoxy) is 1. The SMILES string of the molecule is COc1ccc(CN2C(=O)NC(C)C2=O)cc1. The van der Waals surface area contributed by atoms with Gasteiger partial charge in [0, 0.05) is 0 Å². The summed E-state index contributed by atoms with van der Waals surface area (Å²) in [6.07, 6.45) is 0. The van der Waals surface area contributed by atoms with E-state index in [4.69, 9.17) is 4.74 Å². The first kappa shape index (κ1) is 11.4. The summed E-state index contributed by atoms with van der Waals surface area (Å²) < 4.78 is 5.04. The van der Waals surface area contributed by atoms with Gasteiger partial charge in [0.2, 0.25) is 0 Å². The van der Waals surface area contributed by atoms with E-state index in [1.807, 2.05) is 12.1 Å². The minimum atomic E-state index is -0.430. The highest BCUT2D eigenvalue weighted by molar-refractivity contribution is 6.03. The Bertz CT molecular complexity index is 442. The van der Waals surface area contributed by atoms with Crippen LogP contribution < -0.4 is 10.1 Å². The lowest BCUT2D eigenvalue weighted by Crippen LogP contribution is -2.30. The van der Waals surface area contributed by atoms with E-state index >= 15 is 0 Å². The Labute approximate surface area is 99.4 Å². The van der Waals surface area contributed by atoms with Gasteiger partial charge >= 0.3 is 6.03 Å². The lowest BCUT2D eigenvalue weighted by atomic mass is 10.2. The van der Waals surface area contributed by atoms with Crippen molar-refractivity contribution in [2.45, 2.75) is 19.5 Å². The van der Waals surface area contributed by atoms with Gasteiger partial charge in [-0.2, -0.15) is 0 Å². The highest BCUT2D eigenvalue weighted by atomic mass is 16.5. The lowest BCUT2D eigenvalue weighted by Gasteiger charge is -2.12. The molecule has 5 nitrogen and oxygen atoms in total. The molecule has 0 aromatic heterocycles. The van der Waals surface area contributed by atoms with Crippen LogP contribution in [0.5, 0.6) is 5.75 Å². The molecule has 1 aromatic rings. The number of carbonyl (C=O) groups excluding carboxylic acids is 2. The van der Waals surface area contributed by atoms with Crippen molar-refractivity contribution in [3.63, 3.8) is 0 Å². The van der Waals surface area contributed by atoms with Crippen LogP contribution in [0.1, 0.15) is 12.5 Å². The van der Waals surface area contributed by atoms with Crippen molar-refractivity contribution in [2.75, 3.05) is 7.11 Å². The monoisotopic (exact) mass is 234 g/mol. The largest absolute Gasteiger partial charge is 0.497 e. The molecule has 3 amide bonds. The molecule has 0 radical (unpaired) electrons. The Balaban J connectivity index is 2.10. The highest BCUT2D eigenvalue weighted by Gasteiger charge is 2.34. The molecule has 0 saturated carbocycles. The van der Waals surface area contributed by atoms with Gasteiger partial charge in [-0.05, 0) is 24.6 Å². The second-order valence-electron chi connectivity index (χ2n) is 3.94. The second kappa shape index (κ2) is 4.45. The third-order valence-electron chi connectivity index (χ3n) is 2.72. The first-order chi connectivity index (χ1) is 8.11. The number of hydrogen-bond acceptors (Lipinski definition) is 3. The van der Waals surface area contributed by atoms with Crippen molar-refractivity contribution >= 4 is 11.9 Å². The molecule has 1 aromatic carbocycles. The third kappa shape index (κ3) is 2.22. The van der Waals surface area contributed by atoms with Gasteiger partial charge in [0.1, 0.15) is 11.8 Å². The molecular weight excluding hydrogens is 220 g/mol. The second-order valence-corrected chi connectivity index (χ2v) is 3.94. The molecule has 1 fully saturated rings. The number of benzene rings is 1. The molecule has 1 aliphatic rings. The number of nitrogens with zero attached hydrogens (tertiary/aromatic N) is 1. The predicted octanol–water partition coefficient (Wildman–Crippen LogP) is 1.14. The summed E-state index contributed by atoms with van der Waals surface area (Å²) in [5.74, 6) is 0.560. The van der Waals surface area contributed by atoms with Crippen molar-refractivity contribution in [3.05, 3.63) is 29.8 Å². The van der Waals surface area contributed by atoms with Crippen molar-refractivity contribution in [1.82, 2.24) is 10.2 Å². The third-order valence-corrected chi connectivity index (χ3v) is 2.72. The van der Waals surface area contributed by atoms with Gasteiger partial charge in [0.25, 0.3) is 5.91 Å². The molecule has 1 aliphatic heterocycles. The molecule has 1 saturated heterocycles. The van der Waals surface area contributed by atoms with E-state index in [1.165, 1.54) is 4.90 Å². The van der Waals surface area contributed by atoms with Crippen LogP contribution in [-0.2, 0) is 11.3 Å². The molecule has 2 rings (SSSR count). The molecule has 1 atom stereocenters. The van der Waals surface area contributed by atoms with E-state index in [2.05, 4.69) is 5.32 Å². The van der Waals surface area contributed by atoms with Crippen LogP contribution >= 0.6 is 0 Å². The van der Waals surface area contributed by atoms with Crippen LogP contribution in [0.3, 0.4) is 0 Å². The standard InChI is InChI=1S/C12H14N2O3/c1-8-11(15)14(12(16)13-8)7-9-3-5-10(17-2)6-4-9/h3-6,8H,7H2,1-2H3,(H,13,16). The number of nitrogens with one attached hydrogen (secondary N) is 1. The zero-order valence-corrected chi connectivity index (χ0v) is 9.77. The molecule has 1 unspecified atom stereocenters. The number of amides is 3. The van der Waals surface area contributed by atoms with E-state index in [1.54, 1.807) is 26.2 Å². The van der Waals surface area contributed by atoms with Gasteiger partial charge in [-0.3, -0.25) is 9.69 Å². The van der Waals surface area contributed by atoms with Gasteiger partial charge in [-0.25, -0.2) is 4.79 Å². The number of hydrogen-bond donors (Lipinski definition) is 1. The maximum atomic E-state index is 11.7. The molecule has 5 heteroatoms. The summed E-state index contributed by atoms with van der Waals surface area (Å²) in [6, 6.07) is 6.51. The van der Waals surface area contributed by atoms with Crippen LogP contribution in [0, 0.1) is 0 Å². The Kier molecular flexibility index (Phi) is 2.99. The Morgan fingerprint density at radius 3 is 2.41 bits per heavy atom. The number of methoxy groups -OCH3 is 1. The van der Waals surface area contributed by atoms with Gasteiger partial charge in [0.15, 0.2) is 0 Å². The van der Waals surface area contributed by atoms with Crippen LogP contribution in [0.25, 0.3) is 0 Å². The van der Waals surface area contributed by atoms with Gasteiger partial charge < -0.3 is 10.1 Å². The zero-order chi connectivity index (χ0) is 12.4. The van der Waals surface area contributed by atoms with Gasteiger partial charge in [0.05, 0.1) is 13.7 Å². The van der Waals surface area contributed by atoms with E-state index in [9.17, 15) is 9.59 Å². The molecule has 1 N–H and O–H groups in total. The quantitative estimate of drug-likeness (QED) is 0.798. The first-order valence-corrected chi connectivity index (χ1v) is 5.36. The summed E-state index contributed by atoms with van der Waals surface area (Å²) in [4.78, 5) is 24.4. The van der Waals surface area contributed by atoms with Crippen molar-refractivity contribution in [2.24, 2.45) is 0 Å². The van der Waals surface area contributed by atoms with E-state index in [0.717, 1.165) is 11.3 Å². The number of imide groups is 1. The Hall–Kier alpha value is -2.04. The number of urea groups is 1.